The van der Waals surface area contributed by atoms with Crippen molar-refractivity contribution >= 4 is 35.0 Å². The van der Waals surface area contributed by atoms with Gasteiger partial charge in [-0.1, -0.05) is 41.4 Å². The van der Waals surface area contributed by atoms with Gasteiger partial charge in [-0.15, -0.1) is 0 Å². The van der Waals surface area contributed by atoms with E-state index in [4.69, 9.17) is 11.6 Å². The van der Waals surface area contributed by atoms with E-state index in [1.54, 1.807) is 36.4 Å². The Balaban J connectivity index is 2.08. The Morgan fingerprint density at radius 3 is 2.31 bits per heavy atom. The highest BCUT2D eigenvalue weighted by Gasteiger charge is 2.45. The zero-order chi connectivity index (χ0) is 21.1. The standard InChI is InChI=1S/C22H20ClNO5/c1-13-4-6-14(7-5-13)19-18(20(27)15-8-10-16(23)11-9-15)21(28)22(29)24(19)12-2-3-17(25)26/h4-11,19,27H,2-3,12H2,1H3,(H,25,26)/p-1/t19-/m1/s1. The van der Waals surface area contributed by atoms with Gasteiger partial charge in [-0.05, 0) is 49.6 Å². The minimum absolute atomic E-state index is 0.0328. The van der Waals surface area contributed by atoms with E-state index in [0.29, 0.717) is 16.1 Å². The summed E-state index contributed by atoms with van der Waals surface area (Å²) >= 11 is 5.89. The van der Waals surface area contributed by atoms with Gasteiger partial charge in [0.15, 0.2) is 0 Å². The van der Waals surface area contributed by atoms with Crippen molar-refractivity contribution in [2.24, 2.45) is 0 Å². The SMILES string of the molecule is Cc1ccc([C@@H]2C(=C(O)c3ccc(Cl)cc3)C(=O)C(=O)N2CCCC(=O)[O-])cc1. The second kappa shape index (κ2) is 8.49. The molecule has 29 heavy (non-hydrogen) atoms. The third-order valence-electron chi connectivity index (χ3n) is 4.83. The van der Waals surface area contributed by atoms with Crippen molar-refractivity contribution in [3.63, 3.8) is 0 Å². The van der Waals surface area contributed by atoms with Gasteiger partial charge in [-0.25, -0.2) is 0 Å². The highest BCUT2D eigenvalue weighted by molar-refractivity contribution is 6.46. The molecule has 0 aliphatic carbocycles. The molecule has 1 fully saturated rings. The molecule has 1 amide bonds. The van der Waals surface area contributed by atoms with Crippen LogP contribution in [-0.2, 0) is 14.4 Å². The van der Waals surface area contributed by atoms with Crippen molar-refractivity contribution in [1.82, 2.24) is 4.90 Å². The van der Waals surface area contributed by atoms with Crippen LogP contribution in [0.4, 0.5) is 0 Å². The number of aliphatic carboxylic acids is 1. The van der Waals surface area contributed by atoms with Crippen LogP contribution in [0.1, 0.15) is 35.6 Å². The molecule has 7 heteroatoms. The number of Topliss-reactive ketones (excluding diaryl/α,β-unsaturated/α-hetero) is 1. The number of carbonyl (C=O) groups is 3. The maximum Gasteiger partial charge on any atom is 0.295 e. The average Bonchev–Trinajstić information content (AvgIpc) is 2.93. The molecule has 1 atom stereocenters. The molecule has 1 heterocycles. The van der Waals surface area contributed by atoms with E-state index in [2.05, 4.69) is 0 Å². The molecule has 2 aromatic rings. The van der Waals surface area contributed by atoms with Gasteiger partial charge in [0.2, 0.25) is 0 Å². The molecule has 2 aromatic carbocycles. The Kier molecular flexibility index (Phi) is 6.03. The van der Waals surface area contributed by atoms with E-state index >= 15 is 0 Å². The highest BCUT2D eigenvalue weighted by Crippen LogP contribution is 2.39. The molecule has 0 unspecified atom stereocenters. The summed E-state index contributed by atoms with van der Waals surface area (Å²) in [6.45, 7) is 1.96. The van der Waals surface area contributed by atoms with Gasteiger partial charge in [0, 0.05) is 23.1 Å². The van der Waals surface area contributed by atoms with Crippen LogP contribution in [0, 0.1) is 6.92 Å². The van der Waals surface area contributed by atoms with Gasteiger partial charge < -0.3 is 19.9 Å². The topological polar surface area (TPSA) is 97.7 Å². The van der Waals surface area contributed by atoms with Gasteiger partial charge in [0.05, 0.1) is 11.6 Å². The number of aliphatic hydroxyl groups excluding tert-OH is 1. The maximum absolute atomic E-state index is 12.8. The third-order valence-corrected chi connectivity index (χ3v) is 5.08. The van der Waals surface area contributed by atoms with E-state index in [-0.39, 0.29) is 30.7 Å². The number of hydrogen-bond donors (Lipinski definition) is 1. The molecule has 0 radical (unpaired) electrons. The largest absolute Gasteiger partial charge is 0.550 e. The number of hydrogen-bond acceptors (Lipinski definition) is 5. The number of likely N-dealkylation sites (tertiary alicyclic amines) is 1. The fraction of sp³-hybridized carbons (Fsp3) is 0.227. The number of amides is 1. The quantitative estimate of drug-likeness (QED) is 0.446. The number of rotatable bonds is 6. The fourth-order valence-electron chi connectivity index (χ4n) is 3.36. The van der Waals surface area contributed by atoms with E-state index in [0.717, 1.165) is 5.56 Å². The first-order valence-electron chi connectivity index (χ1n) is 9.10. The zero-order valence-corrected chi connectivity index (χ0v) is 16.5. The molecule has 0 aromatic heterocycles. The molecular formula is C22H19ClNO5-. The van der Waals surface area contributed by atoms with E-state index in [1.165, 1.54) is 4.90 Å². The Labute approximate surface area is 173 Å². The van der Waals surface area contributed by atoms with Gasteiger partial charge in [-0.3, -0.25) is 9.59 Å². The van der Waals surface area contributed by atoms with Gasteiger partial charge in [0.25, 0.3) is 11.7 Å². The van der Waals surface area contributed by atoms with E-state index < -0.39 is 23.7 Å². The van der Waals surface area contributed by atoms with Gasteiger partial charge >= 0.3 is 0 Å². The van der Waals surface area contributed by atoms with E-state index in [9.17, 15) is 24.6 Å². The lowest BCUT2D eigenvalue weighted by Gasteiger charge is -2.25. The molecule has 1 aliphatic heterocycles. The Morgan fingerprint density at radius 1 is 1.10 bits per heavy atom. The van der Waals surface area contributed by atoms with Crippen molar-refractivity contribution < 1.29 is 24.6 Å². The molecule has 1 N–H and O–H groups in total. The van der Waals surface area contributed by atoms with Crippen molar-refractivity contribution in [2.75, 3.05) is 6.54 Å². The molecule has 150 valence electrons. The van der Waals surface area contributed by atoms with Gasteiger partial charge in [0.1, 0.15) is 5.76 Å². The predicted octanol–water partition coefficient (Wildman–Crippen LogP) is 2.60. The van der Waals surface area contributed by atoms with Crippen LogP contribution >= 0.6 is 11.6 Å². The molecule has 1 aliphatic rings. The molecule has 0 saturated carbocycles. The van der Waals surface area contributed by atoms with Crippen molar-refractivity contribution in [1.29, 1.82) is 0 Å². The number of aliphatic hydroxyl groups is 1. The van der Waals surface area contributed by atoms with Crippen LogP contribution < -0.4 is 5.11 Å². The van der Waals surface area contributed by atoms with Crippen molar-refractivity contribution in [2.45, 2.75) is 25.8 Å². The van der Waals surface area contributed by atoms with Gasteiger partial charge in [-0.2, -0.15) is 0 Å². The lowest BCUT2D eigenvalue weighted by atomic mass is 9.94. The number of halogens is 1. The summed E-state index contributed by atoms with van der Waals surface area (Å²) < 4.78 is 0. The summed E-state index contributed by atoms with van der Waals surface area (Å²) in [5, 5.41) is 22.1. The Morgan fingerprint density at radius 2 is 1.72 bits per heavy atom. The summed E-state index contributed by atoms with van der Waals surface area (Å²) in [5.41, 5.74) is 1.98. The maximum atomic E-state index is 12.8. The number of carboxylic acid groups (broad SMARTS) is 1. The second-order valence-electron chi connectivity index (χ2n) is 6.89. The van der Waals surface area contributed by atoms with Crippen LogP contribution in [0.25, 0.3) is 5.76 Å². The molecular weight excluding hydrogens is 394 g/mol. The lowest BCUT2D eigenvalue weighted by molar-refractivity contribution is -0.305. The number of ketones is 1. The highest BCUT2D eigenvalue weighted by atomic mass is 35.5. The molecule has 1 saturated heterocycles. The van der Waals surface area contributed by atoms with E-state index in [1.807, 2.05) is 19.1 Å². The summed E-state index contributed by atoms with van der Waals surface area (Å²) in [6, 6.07) is 12.7. The molecule has 0 bridgehead atoms. The second-order valence-corrected chi connectivity index (χ2v) is 7.32. The van der Waals surface area contributed by atoms with Crippen molar-refractivity contribution in [3.8, 4) is 0 Å². The van der Waals surface area contributed by atoms with Crippen LogP contribution in [-0.4, -0.2) is 34.2 Å². The fourth-order valence-corrected chi connectivity index (χ4v) is 3.49. The van der Waals surface area contributed by atoms with Crippen LogP contribution in [0.15, 0.2) is 54.1 Å². The number of carbonyl (C=O) groups excluding carboxylic acids is 3. The normalized spacial score (nSPS) is 18.3. The van der Waals surface area contributed by atoms with Crippen LogP contribution in [0.5, 0.6) is 0 Å². The van der Waals surface area contributed by atoms with Crippen LogP contribution in [0.2, 0.25) is 5.02 Å². The monoisotopic (exact) mass is 412 g/mol. The number of nitrogens with zero attached hydrogens (tertiary/aromatic N) is 1. The van der Waals surface area contributed by atoms with Crippen LogP contribution in [0.3, 0.4) is 0 Å². The summed E-state index contributed by atoms with van der Waals surface area (Å²) in [4.78, 5) is 37.5. The summed E-state index contributed by atoms with van der Waals surface area (Å²) in [7, 11) is 0. The minimum Gasteiger partial charge on any atom is -0.550 e. The smallest absolute Gasteiger partial charge is 0.295 e. The number of benzene rings is 2. The summed E-state index contributed by atoms with van der Waals surface area (Å²) in [6.07, 6.45) is -0.0977. The Bertz CT molecular complexity index is 979. The molecule has 6 nitrogen and oxygen atoms in total. The molecule has 0 spiro atoms. The first kappa shape index (κ1) is 20.6. The zero-order valence-electron chi connectivity index (χ0n) is 15.7. The lowest BCUT2D eigenvalue weighted by Crippen LogP contribution is -2.32. The minimum atomic E-state index is -1.23. The predicted molar refractivity (Wildman–Crippen MR) is 106 cm³/mol. The average molecular weight is 413 g/mol. The van der Waals surface area contributed by atoms with Crippen molar-refractivity contribution in [3.05, 3.63) is 75.8 Å². The molecule has 3 rings (SSSR count). The number of aryl methyl sites for hydroxylation is 1. The summed E-state index contributed by atoms with van der Waals surface area (Å²) in [5.74, 6) is -3.11. The first-order chi connectivity index (χ1) is 13.8. The first-order valence-corrected chi connectivity index (χ1v) is 9.48. The third kappa shape index (κ3) is 4.32. The Hall–Kier alpha value is -3.12. The number of carboxylic acids is 1.